The summed E-state index contributed by atoms with van der Waals surface area (Å²) < 4.78 is 0. The molecular formula is C15H18N2O2. The van der Waals surface area contributed by atoms with Crippen molar-refractivity contribution in [3.05, 3.63) is 36.0 Å². The highest BCUT2D eigenvalue weighted by atomic mass is 16.4. The summed E-state index contributed by atoms with van der Waals surface area (Å²) in [4.78, 5) is 15.5. The summed E-state index contributed by atoms with van der Waals surface area (Å²) in [6.07, 6.45) is 2.41. The molecule has 2 aromatic rings. The van der Waals surface area contributed by atoms with Gasteiger partial charge in [-0.1, -0.05) is 32.0 Å². The van der Waals surface area contributed by atoms with Crippen molar-refractivity contribution in [2.75, 3.05) is 11.9 Å². The summed E-state index contributed by atoms with van der Waals surface area (Å²) in [5, 5.41) is 13.4. The zero-order valence-electron chi connectivity index (χ0n) is 11.2. The van der Waals surface area contributed by atoms with E-state index in [1.807, 2.05) is 24.3 Å². The molecule has 0 saturated carbocycles. The van der Waals surface area contributed by atoms with Gasteiger partial charge in [0.2, 0.25) is 0 Å². The topological polar surface area (TPSA) is 62.2 Å². The highest BCUT2D eigenvalue weighted by Crippen LogP contribution is 2.26. The van der Waals surface area contributed by atoms with Gasteiger partial charge in [0.1, 0.15) is 5.56 Å². The van der Waals surface area contributed by atoms with Gasteiger partial charge in [-0.3, -0.25) is 4.98 Å². The quantitative estimate of drug-likeness (QED) is 0.863. The number of carboxylic acid groups (broad SMARTS) is 1. The molecule has 1 aromatic carbocycles. The molecular weight excluding hydrogens is 240 g/mol. The maximum atomic E-state index is 11.3. The number of aromatic nitrogens is 1. The number of hydrogen-bond donors (Lipinski definition) is 2. The van der Waals surface area contributed by atoms with Gasteiger partial charge in [0.15, 0.2) is 0 Å². The lowest BCUT2D eigenvalue weighted by Gasteiger charge is -2.13. The van der Waals surface area contributed by atoms with Gasteiger partial charge in [0.25, 0.3) is 0 Å². The van der Waals surface area contributed by atoms with Gasteiger partial charge >= 0.3 is 5.97 Å². The van der Waals surface area contributed by atoms with Crippen LogP contribution in [0.15, 0.2) is 30.5 Å². The number of anilines is 1. The molecule has 0 atom stereocenters. The number of benzene rings is 1. The first-order chi connectivity index (χ1) is 9.09. The van der Waals surface area contributed by atoms with Crippen molar-refractivity contribution in [2.24, 2.45) is 5.92 Å². The number of nitrogens with one attached hydrogen (secondary N) is 1. The lowest BCUT2D eigenvalue weighted by Crippen LogP contribution is -2.10. The molecule has 4 nitrogen and oxygen atoms in total. The molecule has 0 aliphatic rings. The smallest absolute Gasteiger partial charge is 0.339 e. The third-order valence-corrected chi connectivity index (χ3v) is 3.03. The second-order valence-electron chi connectivity index (χ2n) is 4.98. The third kappa shape index (κ3) is 3.02. The second-order valence-corrected chi connectivity index (χ2v) is 4.98. The monoisotopic (exact) mass is 258 g/mol. The minimum absolute atomic E-state index is 0.224. The molecule has 0 fully saturated rings. The van der Waals surface area contributed by atoms with Crippen molar-refractivity contribution in [1.82, 2.24) is 4.98 Å². The molecule has 2 N–H and O–H groups in total. The van der Waals surface area contributed by atoms with Gasteiger partial charge < -0.3 is 10.4 Å². The third-order valence-electron chi connectivity index (χ3n) is 3.03. The number of fused-ring (bicyclic) bond motifs is 1. The van der Waals surface area contributed by atoms with Crippen LogP contribution < -0.4 is 5.32 Å². The number of hydrogen-bond acceptors (Lipinski definition) is 3. The van der Waals surface area contributed by atoms with E-state index in [1.165, 1.54) is 6.20 Å². The van der Waals surface area contributed by atoms with Crippen molar-refractivity contribution in [3.8, 4) is 0 Å². The SMILES string of the molecule is CC(C)CCNc1c(C(=O)O)cnc2ccccc12. The van der Waals surface area contributed by atoms with E-state index in [-0.39, 0.29) is 5.56 Å². The molecule has 0 saturated heterocycles. The second kappa shape index (κ2) is 5.69. The molecule has 0 radical (unpaired) electrons. The highest BCUT2D eigenvalue weighted by Gasteiger charge is 2.13. The summed E-state index contributed by atoms with van der Waals surface area (Å²) in [7, 11) is 0. The lowest BCUT2D eigenvalue weighted by atomic mass is 10.1. The summed E-state index contributed by atoms with van der Waals surface area (Å²) >= 11 is 0. The van der Waals surface area contributed by atoms with Crippen molar-refractivity contribution in [2.45, 2.75) is 20.3 Å². The van der Waals surface area contributed by atoms with Crippen molar-refractivity contribution >= 4 is 22.6 Å². The van der Waals surface area contributed by atoms with Crippen LogP contribution in [-0.4, -0.2) is 22.6 Å². The molecule has 0 amide bonds. The fraction of sp³-hybridized carbons (Fsp3) is 0.333. The van der Waals surface area contributed by atoms with E-state index in [4.69, 9.17) is 0 Å². The van der Waals surface area contributed by atoms with E-state index in [0.717, 1.165) is 23.9 Å². The first kappa shape index (κ1) is 13.3. The van der Waals surface area contributed by atoms with E-state index < -0.39 is 5.97 Å². The molecule has 0 aliphatic heterocycles. The van der Waals surface area contributed by atoms with Crippen molar-refractivity contribution < 1.29 is 9.90 Å². The van der Waals surface area contributed by atoms with E-state index in [9.17, 15) is 9.90 Å². The minimum atomic E-state index is -0.953. The molecule has 1 heterocycles. The highest BCUT2D eigenvalue weighted by molar-refractivity contribution is 6.04. The van der Waals surface area contributed by atoms with Gasteiger partial charge in [0, 0.05) is 18.1 Å². The Balaban J connectivity index is 2.41. The maximum absolute atomic E-state index is 11.3. The predicted molar refractivity (Wildman–Crippen MR) is 76.6 cm³/mol. The molecule has 0 aliphatic carbocycles. The largest absolute Gasteiger partial charge is 0.478 e. The van der Waals surface area contributed by atoms with Crippen LogP contribution in [0, 0.1) is 5.92 Å². The summed E-state index contributed by atoms with van der Waals surface area (Å²) in [6, 6.07) is 7.57. The van der Waals surface area contributed by atoms with E-state index in [2.05, 4.69) is 24.1 Å². The Bertz CT molecular complexity index is 594. The summed E-state index contributed by atoms with van der Waals surface area (Å²) in [5.74, 6) is -0.376. The number of carbonyl (C=O) groups is 1. The Morgan fingerprint density at radius 1 is 1.37 bits per heavy atom. The molecule has 19 heavy (non-hydrogen) atoms. The number of para-hydroxylation sites is 1. The van der Waals surface area contributed by atoms with Crippen LogP contribution in [0.5, 0.6) is 0 Å². The normalized spacial score (nSPS) is 10.9. The van der Waals surface area contributed by atoms with Crippen LogP contribution in [0.25, 0.3) is 10.9 Å². The average Bonchev–Trinajstić information content (AvgIpc) is 2.38. The minimum Gasteiger partial charge on any atom is -0.478 e. The standard InChI is InChI=1S/C15H18N2O2/c1-10(2)7-8-16-14-11-5-3-4-6-13(11)17-9-12(14)15(18)19/h3-6,9-10H,7-8H2,1-2H3,(H,16,17)(H,18,19). The van der Waals surface area contributed by atoms with E-state index in [0.29, 0.717) is 11.6 Å². The zero-order valence-corrected chi connectivity index (χ0v) is 11.2. The van der Waals surface area contributed by atoms with Gasteiger partial charge in [-0.2, -0.15) is 0 Å². The van der Waals surface area contributed by atoms with Crippen LogP contribution in [-0.2, 0) is 0 Å². The molecule has 100 valence electrons. The van der Waals surface area contributed by atoms with Gasteiger partial charge in [-0.25, -0.2) is 4.79 Å². The average molecular weight is 258 g/mol. The number of pyridine rings is 1. The van der Waals surface area contributed by atoms with Crippen LogP contribution >= 0.6 is 0 Å². The molecule has 1 aromatic heterocycles. The van der Waals surface area contributed by atoms with E-state index in [1.54, 1.807) is 0 Å². The number of carboxylic acids is 1. The van der Waals surface area contributed by atoms with Crippen molar-refractivity contribution in [1.29, 1.82) is 0 Å². The lowest BCUT2D eigenvalue weighted by molar-refractivity contribution is 0.0697. The Labute approximate surface area is 112 Å². The fourth-order valence-electron chi connectivity index (χ4n) is 1.98. The molecule has 0 unspecified atom stereocenters. The van der Waals surface area contributed by atoms with Crippen LogP contribution in [0.2, 0.25) is 0 Å². The predicted octanol–water partition coefficient (Wildman–Crippen LogP) is 3.39. The van der Waals surface area contributed by atoms with Crippen LogP contribution in [0.3, 0.4) is 0 Å². The van der Waals surface area contributed by atoms with Gasteiger partial charge in [-0.15, -0.1) is 0 Å². The summed E-state index contributed by atoms with van der Waals surface area (Å²) in [5.41, 5.74) is 1.70. The molecule has 0 bridgehead atoms. The van der Waals surface area contributed by atoms with Crippen molar-refractivity contribution in [3.63, 3.8) is 0 Å². The molecule has 2 rings (SSSR count). The number of aromatic carboxylic acids is 1. The van der Waals surface area contributed by atoms with Gasteiger partial charge in [0.05, 0.1) is 11.2 Å². The van der Waals surface area contributed by atoms with Crippen LogP contribution in [0.4, 0.5) is 5.69 Å². The maximum Gasteiger partial charge on any atom is 0.339 e. The Kier molecular flexibility index (Phi) is 4.00. The summed E-state index contributed by atoms with van der Waals surface area (Å²) in [6.45, 7) is 5.04. The fourth-order valence-corrected chi connectivity index (χ4v) is 1.98. The molecule has 0 spiro atoms. The Morgan fingerprint density at radius 2 is 2.11 bits per heavy atom. The zero-order chi connectivity index (χ0) is 13.8. The van der Waals surface area contributed by atoms with E-state index >= 15 is 0 Å². The molecule has 4 heteroatoms. The van der Waals surface area contributed by atoms with Gasteiger partial charge in [-0.05, 0) is 18.4 Å². The first-order valence-electron chi connectivity index (χ1n) is 6.44. The Morgan fingerprint density at radius 3 is 2.79 bits per heavy atom. The van der Waals surface area contributed by atoms with Crippen LogP contribution in [0.1, 0.15) is 30.6 Å². The Hall–Kier alpha value is -2.10. The first-order valence-corrected chi connectivity index (χ1v) is 6.44. The number of rotatable bonds is 5. The number of nitrogens with zero attached hydrogens (tertiary/aromatic N) is 1.